The van der Waals surface area contributed by atoms with Crippen molar-refractivity contribution in [2.45, 2.75) is 19.3 Å². The van der Waals surface area contributed by atoms with Crippen LogP contribution in [0.25, 0.3) is 0 Å². The van der Waals surface area contributed by atoms with E-state index in [-0.39, 0.29) is 22.6 Å². The van der Waals surface area contributed by atoms with E-state index >= 15 is 0 Å². The van der Waals surface area contributed by atoms with Gasteiger partial charge in [0.15, 0.2) is 0 Å². The van der Waals surface area contributed by atoms with Crippen molar-refractivity contribution < 1.29 is 24.0 Å². The zero-order valence-electron chi connectivity index (χ0n) is 15.7. The number of nitrogens with zero attached hydrogens (tertiary/aromatic N) is 1. The fourth-order valence-electron chi connectivity index (χ4n) is 2.60. The number of carbonyl (C=O) groups is 2. The number of ether oxygens (including phenoxy) is 2. The summed E-state index contributed by atoms with van der Waals surface area (Å²) in [5, 5.41) is 14.8. The monoisotopic (exact) mass is 406 g/mol. The molecular weight excluding hydrogens is 388 g/mol. The molecule has 2 rings (SSSR count). The van der Waals surface area contributed by atoms with Crippen LogP contribution >= 0.6 is 11.6 Å². The van der Waals surface area contributed by atoms with E-state index in [4.69, 9.17) is 21.1 Å². The molecule has 0 saturated carbocycles. The smallest absolute Gasteiger partial charge is 0.339 e. The number of benzene rings is 2. The maximum absolute atomic E-state index is 12.0. The van der Waals surface area contributed by atoms with Gasteiger partial charge in [0, 0.05) is 11.1 Å². The zero-order chi connectivity index (χ0) is 21.1. The molecule has 2 aromatic carbocycles. The van der Waals surface area contributed by atoms with Gasteiger partial charge in [0.2, 0.25) is 0 Å². The molecule has 8 nitrogen and oxygen atoms in total. The van der Waals surface area contributed by atoms with Crippen molar-refractivity contribution in [1.29, 1.82) is 0 Å². The summed E-state index contributed by atoms with van der Waals surface area (Å²) in [6.07, 6.45) is 0. The van der Waals surface area contributed by atoms with Crippen LogP contribution in [-0.4, -0.2) is 31.1 Å². The number of hydrogen-bond acceptors (Lipinski definition) is 7. The molecule has 2 aromatic rings. The Balaban J connectivity index is 2.54. The van der Waals surface area contributed by atoms with Gasteiger partial charge >= 0.3 is 11.9 Å². The molecule has 0 radical (unpaired) electrons. The fourth-order valence-corrected chi connectivity index (χ4v) is 2.78. The molecule has 0 aliphatic rings. The van der Waals surface area contributed by atoms with E-state index in [1.54, 1.807) is 19.9 Å². The molecule has 0 amide bonds. The minimum absolute atomic E-state index is 0.127. The molecule has 28 heavy (non-hydrogen) atoms. The highest BCUT2D eigenvalue weighted by atomic mass is 35.5. The lowest BCUT2D eigenvalue weighted by Crippen LogP contribution is -2.30. The molecule has 1 N–H and O–H groups in total. The Kier molecular flexibility index (Phi) is 6.25. The third-order valence-corrected chi connectivity index (χ3v) is 4.50. The molecule has 0 fully saturated rings. The number of halogens is 1. The molecule has 0 bridgehead atoms. The Morgan fingerprint density at radius 3 is 2.32 bits per heavy atom. The molecule has 0 aliphatic carbocycles. The van der Waals surface area contributed by atoms with Crippen LogP contribution in [0.4, 0.5) is 17.1 Å². The molecule has 0 aliphatic heterocycles. The van der Waals surface area contributed by atoms with Gasteiger partial charge in [0.1, 0.15) is 5.69 Å². The van der Waals surface area contributed by atoms with E-state index in [9.17, 15) is 19.7 Å². The maximum Gasteiger partial charge on any atom is 0.339 e. The average Bonchev–Trinajstić information content (AvgIpc) is 2.66. The second-order valence-corrected chi connectivity index (χ2v) is 6.85. The number of nitrogens with one attached hydrogen (secondary N) is 1. The van der Waals surface area contributed by atoms with Gasteiger partial charge in [0.05, 0.1) is 35.8 Å². The quantitative estimate of drug-likeness (QED) is 0.434. The predicted molar refractivity (Wildman–Crippen MR) is 104 cm³/mol. The summed E-state index contributed by atoms with van der Waals surface area (Å²) in [5.74, 6) is -1.14. The lowest BCUT2D eigenvalue weighted by molar-refractivity contribution is -0.384. The largest absolute Gasteiger partial charge is 0.468 e. The molecule has 9 heteroatoms. The van der Waals surface area contributed by atoms with Crippen molar-refractivity contribution in [1.82, 2.24) is 0 Å². The number of nitro groups is 1. The first-order valence-corrected chi connectivity index (χ1v) is 8.51. The summed E-state index contributed by atoms with van der Waals surface area (Å²) in [7, 11) is 2.48. The van der Waals surface area contributed by atoms with Crippen LogP contribution in [0.1, 0.15) is 29.8 Å². The first kappa shape index (κ1) is 21.2. The molecular formula is C19H19ClN2O6. The third kappa shape index (κ3) is 4.23. The molecule has 0 atom stereocenters. The van der Waals surface area contributed by atoms with Crippen molar-refractivity contribution in [3.8, 4) is 0 Å². The molecule has 0 spiro atoms. The highest BCUT2D eigenvalue weighted by Crippen LogP contribution is 2.35. The Morgan fingerprint density at radius 2 is 1.75 bits per heavy atom. The van der Waals surface area contributed by atoms with Gasteiger partial charge in [-0.25, -0.2) is 4.79 Å². The van der Waals surface area contributed by atoms with Crippen LogP contribution in [0.15, 0.2) is 36.4 Å². The summed E-state index contributed by atoms with van der Waals surface area (Å²) in [6.45, 7) is 3.22. The highest BCUT2D eigenvalue weighted by Gasteiger charge is 2.33. The van der Waals surface area contributed by atoms with Crippen LogP contribution < -0.4 is 5.32 Å². The van der Waals surface area contributed by atoms with Crippen LogP contribution in [0.2, 0.25) is 5.02 Å². The topological polar surface area (TPSA) is 108 Å². The Morgan fingerprint density at radius 1 is 1.07 bits per heavy atom. The number of nitro benzene ring substituents is 1. The number of carbonyl (C=O) groups excluding carboxylic acids is 2. The Hall–Kier alpha value is -3.13. The Bertz CT molecular complexity index is 942. The first-order valence-electron chi connectivity index (χ1n) is 8.14. The maximum atomic E-state index is 12.0. The number of hydrogen-bond donors (Lipinski definition) is 1. The highest BCUT2D eigenvalue weighted by molar-refractivity contribution is 6.31. The van der Waals surface area contributed by atoms with E-state index < -0.39 is 22.3 Å². The summed E-state index contributed by atoms with van der Waals surface area (Å²) in [4.78, 5) is 35.0. The summed E-state index contributed by atoms with van der Waals surface area (Å²) < 4.78 is 9.50. The van der Waals surface area contributed by atoms with Crippen LogP contribution in [0.3, 0.4) is 0 Å². The summed E-state index contributed by atoms with van der Waals surface area (Å²) in [5.41, 5.74) is -0.392. The normalized spacial score (nSPS) is 10.9. The van der Waals surface area contributed by atoms with Crippen LogP contribution in [-0.2, 0) is 19.7 Å². The fraction of sp³-hybridized carbons (Fsp3) is 0.263. The molecule has 0 heterocycles. The minimum atomic E-state index is -1.08. The summed E-state index contributed by atoms with van der Waals surface area (Å²) >= 11 is 5.99. The lowest BCUT2D eigenvalue weighted by Gasteiger charge is -2.22. The SMILES string of the molecule is COC(=O)c1ccc(Cl)cc1Nc1ccc(C(C)(C)C(=O)OC)cc1[N+](=O)[O-]. The number of rotatable bonds is 6. The second kappa shape index (κ2) is 8.26. The van der Waals surface area contributed by atoms with Gasteiger partial charge in [-0.15, -0.1) is 0 Å². The van der Waals surface area contributed by atoms with E-state index in [2.05, 4.69) is 5.32 Å². The molecule has 148 valence electrons. The van der Waals surface area contributed by atoms with Gasteiger partial charge < -0.3 is 14.8 Å². The molecule has 0 unspecified atom stereocenters. The van der Waals surface area contributed by atoms with Crippen molar-refractivity contribution in [2.75, 3.05) is 19.5 Å². The summed E-state index contributed by atoms with van der Waals surface area (Å²) in [6, 6.07) is 8.76. The average molecular weight is 407 g/mol. The van der Waals surface area contributed by atoms with Gasteiger partial charge in [0.25, 0.3) is 5.69 Å². The number of esters is 2. The first-order chi connectivity index (χ1) is 13.1. The van der Waals surface area contributed by atoms with Crippen molar-refractivity contribution >= 4 is 40.6 Å². The van der Waals surface area contributed by atoms with Crippen LogP contribution in [0, 0.1) is 10.1 Å². The zero-order valence-corrected chi connectivity index (χ0v) is 16.5. The number of methoxy groups -OCH3 is 2. The lowest BCUT2D eigenvalue weighted by atomic mass is 9.84. The molecule has 0 aromatic heterocycles. The van der Waals surface area contributed by atoms with Crippen molar-refractivity contribution in [2.24, 2.45) is 0 Å². The van der Waals surface area contributed by atoms with Crippen molar-refractivity contribution in [3.63, 3.8) is 0 Å². The van der Waals surface area contributed by atoms with E-state index in [1.165, 1.54) is 44.6 Å². The molecule has 0 saturated heterocycles. The second-order valence-electron chi connectivity index (χ2n) is 6.41. The van der Waals surface area contributed by atoms with Crippen LogP contribution in [0.5, 0.6) is 0 Å². The Labute approximate surface area is 166 Å². The van der Waals surface area contributed by atoms with E-state index in [0.29, 0.717) is 10.6 Å². The van der Waals surface area contributed by atoms with Gasteiger partial charge in [-0.3, -0.25) is 14.9 Å². The van der Waals surface area contributed by atoms with Gasteiger partial charge in [-0.1, -0.05) is 17.7 Å². The van der Waals surface area contributed by atoms with E-state index in [0.717, 1.165) is 0 Å². The third-order valence-electron chi connectivity index (χ3n) is 4.27. The van der Waals surface area contributed by atoms with Gasteiger partial charge in [-0.05, 0) is 43.7 Å². The van der Waals surface area contributed by atoms with Crippen molar-refractivity contribution in [3.05, 3.63) is 62.7 Å². The van der Waals surface area contributed by atoms with Gasteiger partial charge in [-0.2, -0.15) is 0 Å². The predicted octanol–water partition coefficient (Wildman–Crippen LogP) is 4.23. The standard InChI is InChI=1S/C19H19ClN2O6/c1-19(2,18(24)28-4)11-5-8-14(16(9-11)22(25)26)21-15-10-12(20)6-7-13(15)17(23)27-3/h5-10,21H,1-4H3. The number of anilines is 2. The van der Waals surface area contributed by atoms with E-state index in [1.807, 2.05) is 0 Å². The minimum Gasteiger partial charge on any atom is -0.468 e.